The molecule has 2 aliphatic rings. The van der Waals surface area contributed by atoms with E-state index < -0.39 is 25.4 Å². The summed E-state index contributed by atoms with van der Waals surface area (Å²) in [6, 6.07) is 108. The van der Waals surface area contributed by atoms with Gasteiger partial charge in [-0.3, -0.25) is 4.57 Å². The zero-order valence-corrected chi connectivity index (χ0v) is 56.0. The predicted octanol–water partition coefficient (Wildman–Crippen LogP) is 21.7. The first-order valence-electron chi connectivity index (χ1n) is 33.8. The van der Waals surface area contributed by atoms with Gasteiger partial charge in [-0.25, -0.2) is 4.98 Å². The minimum atomic E-state index is -0.421. The number of para-hydroxylation sites is 3. The van der Waals surface area contributed by atoms with Crippen LogP contribution >= 0.6 is 0 Å². The molecule has 0 unspecified atom stereocenters. The summed E-state index contributed by atoms with van der Waals surface area (Å²) < 4.78 is 28.4. The second-order valence-corrected chi connectivity index (χ2v) is 27.7. The molecule has 0 amide bonds. The van der Waals surface area contributed by atoms with Crippen molar-refractivity contribution in [3.05, 3.63) is 303 Å². The second kappa shape index (κ2) is 24.3. The van der Waals surface area contributed by atoms with E-state index in [0.717, 1.165) is 39.0 Å². The van der Waals surface area contributed by atoms with Crippen LogP contribution in [0.3, 0.4) is 0 Å². The van der Waals surface area contributed by atoms with E-state index in [4.69, 9.17) is 23.6 Å². The number of benzene rings is 15. The molecule has 0 spiro atoms. The molecule has 0 radical (unpaired) electrons. The molecule has 0 bridgehead atoms. The monoisotopic (exact) mass is 1260 g/mol. The second-order valence-electron chi connectivity index (χ2n) is 27.7. The van der Waals surface area contributed by atoms with Crippen LogP contribution in [0.5, 0.6) is 0 Å². The summed E-state index contributed by atoms with van der Waals surface area (Å²) in [7, 11) is -0.824. The summed E-state index contributed by atoms with van der Waals surface area (Å²) in [5.74, 6) is 0.962. The van der Waals surface area contributed by atoms with Crippen molar-refractivity contribution in [1.29, 1.82) is 0 Å². The van der Waals surface area contributed by atoms with Crippen LogP contribution in [-0.4, -0.2) is 46.2 Å². The van der Waals surface area contributed by atoms with Gasteiger partial charge >= 0.3 is 14.2 Å². The van der Waals surface area contributed by atoms with Crippen molar-refractivity contribution in [3.63, 3.8) is 0 Å². The molecular weight excluding hydrogens is 1180 g/mol. The van der Waals surface area contributed by atoms with Gasteiger partial charge in [0.15, 0.2) is 0 Å². The lowest BCUT2D eigenvalue weighted by molar-refractivity contribution is 0.00578. The highest BCUT2D eigenvalue weighted by Crippen LogP contribution is 2.47. The number of nitrogens with zero attached hydrogens (tertiary/aromatic N) is 2. The van der Waals surface area contributed by atoms with Gasteiger partial charge in [0.2, 0.25) is 0 Å². The molecule has 6 nitrogen and oxygen atoms in total. The quantitative estimate of drug-likeness (QED) is 0.118. The van der Waals surface area contributed by atoms with E-state index >= 15 is 0 Å². The third-order valence-electron chi connectivity index (χ3n) is 20.8. The third kappa shape index (κ3) is 10.7. The topological polar surface area (TPSA) is 54.7 Å². The molecule has 0 aliphatic carbocycles. The predicted molar refractivity (Wildman–Crippen MR) is 410 cm³/mol. The van der Waals surface area contributed by atoms with E-state index in [-0.39, 0.29) is 11.2 Å². The minimum Gasteiger partial charge on any atom is -0.399 e. The van der Waals surface area contributed by atoms with Crippen molar-refractivity contribution in [2.75, 3.05) is 0 Å². The molecule has 16 aromatic rings. The summed E-state index contributed by atoms with van der Waals surface area (Å²) in [5, 5.41) is 17.0. The largest absolute Gasteiger partial charge is 0.496 e. The molecule has 0 N–H and O–H groups in total. The maximum atomic E-state index is 6.55. The van der Waals surface area contributed by atoms with Crippen molar-refractivity contribution >= 4 is 112 Å². The lowest BCUT2D eigenvalue weighted by atomic mass is 9.71. The van der Waals surface area contributed by atoms with Crippen molar-refractivity contribution in [3.8, 4) is 50.5 Å². The highest BCUT2D eigenvalue weighted by molar-refractivity contribution is 6.69. The maximum absolute atomic E-state index is 6.55. The van der Waals surface area contributed by atoms with E-state index in [0.29, 0.717) is 0 Å². The number of fused-ring (bicyclic) bond motifs is 8. The average molecular weight is 1260 g/mol. The van der Waals surface area contributed by atoms with E-state index in [1.54, 1.807) is 0 Å². The number of aromatic nitrogens is 2. The first-order valence-corrected chi connectivity index (χ1v) is 33.8. The molecule has 2 fully saturated rings. The Morgan fingerprint density at radius 3 is 0.969 bits per heavy atom. The van der Waals surface area contributed by atoms with Crippen LogP contribution in [0.15, 0.2) is 303 Å². The number of imidazole rings is 1. The Hall–Kier alpha value is -10.4. The molecule has 1 aromatic heterocycles. The van der Waals surface area contributed by atoms with E-state index in [1.165, 1.54) is 109 Å². The van der Waals surface area contributed by atoms with Gasteiger partial charge in [-0.1, -0.05) is 273 Å². The smallest absolute Gasteiger partial charge is 0.399 e. The van der Waals surface area contributed by atoms with Crippen LogP contribution in [0, 0.1) is 0 Å². The molecule has 470 valence electrons. The first-order chi connectivity index (χ1) is 47.1. The number of hydrogen-bond donors (Lipinski definition) is 0. The third-order valence-corrected chi connectivity index (χ3v) is 20.8. The molecule has 15 aromatic carbocycles. The molecule has 3 heterocycles. The van der Waals surface area contributed by atoms with Gasteiger partial charge in [0.1, 0.15) is 5.82 Å². The van der Waals surface area contributed by atoms with E-state index in [9.17, 15) is 0 Å². The van der Waals surface area contributed by atoms with Gasteiger partial charge in [0, 0.05) is 11.3 Å². The van der Waals surface area contributed by atoms with Gasteiger partial charge in [-0.2, -0.15) is 0 Å². The Bertz CT molecular complexity index is 5490. The van der Waals surface area contributed by atoms with E-state index in [2.05, 4.69) is 363 Å². The highest BCUT2D eigenvalue weighted by Gasteiger charge is 2.54. The maximum Gasteiger partial charge on any atom is 0.496 e. The molecule has 18 rings (SSSR count). The van der Waals surface area contributed by atoms with Crippen molar-refractivity contribution in [2.24, 2.45) is 0 Å². The zero-order chi connectivity index (χ0) is 66.2. The fourth-order valence-electron chi connectivity index (χ4n) is 14.6. The molecule has 0 saturated carbocycles. The summed E-state index contributed by atoms with van der Waals surface area (Å²) >= 11 is 0. The summed E-state index contributed by atoms with van der Waals surface area (Å²) in [6.07, 6.45) is 0. The number of hydrogen-bond acceptors (Lipinski definition) is 5. The molecule has 8 heteroatoms. The van der Waals surface area contributed by atoms with Crippen LogP contribution in [0.25, 0.3) is 137 Å². The summed E-state index contributed by atoms with van der Waals surface area (Å²) in [6.45, 7) is 16.9. The fraction of sp³-hybridized carbons (Fsp3) is 0.135. The Morgan fingerprint density at radius 2 is 0.567 bits per heavy atom. The average Bonchev–Trinajstić information content (AvgIpc) is 1.60. The van der Waals surface area contributed by atoms with Crippen LogP contribution in [0.2, 0.25) is 0 Å². The standard InChI is InChI=1S/C33H22N2.C30H27BO2.C26H25BO2/c1-3-13-23(14-4-1)31-25-17-7-9-19-27(25)32(28-20-10-8-18-26(28)31)33-34-29-21-11-12-22-30(29)35(33)24-15-5-2-6-16-24;1-29(2)30(3,4)33-31(32-29)28-25-15-9-7-13-23(25)27(24-14-8-10-16-26(24)28)22-18-17-20-11-5-6-12-21(20)19-22;1-25(2)26(3,4)29-27(28-25)24-21-16-10-8-14-19(21)23(18-12-6-5-7-13-18)20-15-9-11-17-22(20)24/h1-22H;5-19H,1-4H3;5-17H,1-4H3. The Morgan fingerprint density at radius 1 is 0.268 bits per heavy atom. The first kappa shape index (κ1) is 61.4. The van der Waals surface area contributed by atoms with Gasteiger partial charge in [-0.05, 0) is 205 Å². The van der Waals surface area contributed by atoms with Gasteiger partial charge in [0.25, 0.3) is 0 Å². The lowest BCUT2D eigenvalue weighted by Crippen LogP contribution is -2.41. The molecule has 0 atom stereocenters. The van der Waals surface area contributed by atoms with Crippen molar-refractivity contribution < 1.29 is 18.6 Å². The van der Waals surface area contributed by atoms with Crippen LogP contribution in [0.1, 0.15) is 55.4 Å². The van der Waals surface area contributed by atoms with Crippen LogP contribution in [0.4, 0.5) is 0 Å². The zero-order valence-electron chi connectivity index (χ0n) is 56.0. The summed E-state index contributed by atoms with van der Waals surface area (Å²) in [4.78, 5) is 5.22. The normalized spacial score (nSPS) is 15.3. The Balaban J connectivity index is 0.000000115. The fourth-order valence-corrected chi connectivity index (χ4v) is 14.6. The Labute approximate surface area is 568 Å². The minimum absolute atomic E-state index is 0.377. The van der Waals surface area contributed by atoms with Gasteiger partial charge in [-0.15, -0.1) is 0 Å². The SMILES string of the molecule is CC1(C)OB(c2c3ccccc3c(-c3ccc4ccccc4c3)c3ccccc23)OC1(C)C.CC1(C)OB(c2c3ccccc3c(-c3ccccc3)c3ccccc23)OC1(C)C.c1ccc(-c2c3ccccc3c(-c3nc4ccccc4n3-c3ccccc3)c3ccccc23)cc1. The van der Waals surface area contributed by atoms with Gasteiger partial charge in [0.05, 0.1) is 33.4 Å². The lowest BCUT2D eigenvalue weighted by Gasteiger charge is -2.32. The Kier molecular flexibility index (Phi) is 15.4. The van der Waals surface area contributed by atoms with Crippen molar-refractivity contribution in [1.82, 2.24) is 9.55 Å². The van der Waals surface area contributed by atoms with Crippen LogP contribution in [-0.2, 0) is 18.6 Å². The molecular formula is C89H74B2N2O4. The molecule has 2 saturated heterocycles. The molecule has 97 heavy (non-hydrogen) atoms. The van der Waals surface area contributed by atoms with Crippen molar-refractivity contribution in [2.45, 2.75) is 77.8 Å². The highest BCUT2D eigenvalue weighted by atomic mass is 16.7. The van der Waals surface area contributed by atoms with Crippen LogP contribution < -0.4 is 10.9 Å². The summed E-state index contributed by atoms with van der Waals surface area (Å²) in [5.41, 5.74) is 12.5. The van der Waals surface area contributed by atoms with Gasteiger partial charge < -0.3 is 18.6 Å². The molecule has 2 aliphatic heterocycles. The number of rotatable bonds is 7. The van der Waals surface area contributed by atoms with E-state index in [1.807, 2.05) is 0 Å².